The molecule has 0 bridgehead atoms. The highest BCUT2D eigenvalue weighted by Crippen LogP contribution is 2.43. The number of aliphatic imine (C=N–C) groups is 1. The predicted octanol–water partition coefficient (Wildman–Crippen LogP) is 2.91. The highest BCUT2D eigenvalue weighted by atomic mass is 32.2. The second kappa shape index (κ2) is 5.27. The molecular weight excluding hydrogens is 322 g/mol. The summed E-state index contributed by atoms with van der Waals surface area (Å²) in [4.78, 5) is 20.4. The zero-order valence-corrected chi connectivity index (χ0v) is 13.7. The molecule has 1 N–H and O–H groups in total. The highest BCUT2D eigenvalue weighted by Gasteiger charge is 2.31. The fraction of sp³-hybridized carbons (Fsp3) is 0.222. The second-order valence-electron chi connectivity index (χ2n) is 6.01. The lowest BCUT2D eigenvalue weighted by Gasteiger charge is -2.15. The molecule has 1 unspecified atom stereocenters. The van der Waals surface area contributed by atoms with E-state index in [-0.39, 0.29) is 5.91 Å². The molecule has 3 aliphatic rings. The fourth-order valence-electron chi connectivity index (χ4n) is 3.28. The van der Waals surface area contributed by atoms with E-state index in [1.165, 1.54) is 4.90 Å². The van der Waals surface area contributed by atoms with Gasteiger partial charge in [-0.2, -0.15) is 0 Å². The van der Waals surface area contributed by atoms with Crippen molar-refractivity contribution in [3.05, 3.63) is 48.0 Å². The Morgan fingerprint density at radius 2 is 2.21 bits per heavy atom. The Morgan fingerprint density at radius 3 is 3.12 bits per heavy atom. The van der Waals surface area contributed by atoms with Gasteiger partial charge in [0.2, 0.25) is 0 Å². The molecule has 2 aromatic carbocycles. The first-order chi connectivity index (χ1) is 11.8. The molecular formula is C18H15N3O2S. The molecule has 0 saturated carbocycles. The van der Waals surface area contributed by atoms with Crippen molar-refractivity contribution in [2.24, 2.45) is 4.99 Å². The number of nitrogens with zero attached hydrogens (tertiary/aromatic N) is 2. The van der Waals surface area contributed by atoms with Crippen molar-refractivity contribution in [3.63, 3.8) is 0 Å². The van der Waals surface area contributed by atoms with Gasteiger partial charge < -0.3 is 15.0 Å². The van der Waals surface area contributed by atoms with Gasteiger partial charge >= 0.3 is 0 Å². The summed E-state index contributed by atoms with van der Waals surface area (Å²) < 4.78 is 5.76. The summed E-state index contributed by atoms with van der Waals surface area (Å²) in [6.45, 7) is 1.75. The van der Waals surface area contributed by atoms with Crippen LogP contribution >= 0.6 is 11.8 Å². The summed E-state index contributed by atoms with van der Waals surface area (Å²) in [5.74, 6) is 0.702. The van der Waals surface area contributed by atoms with Crippen molar-refractivity contribution < 1.29 is 9.53 Å². The number of ether oxygens (including phenoxy) is 1. The van der Waals surface area contributed by atoms with E-state index >= 15 is 0 Å². The number of hydrogen-bond acceptors (Lipinski definition) is 5. The van der Waals surface area contributed by atoms with Crippen LogP contribution in [0.3, 0.4) is 0 Å². The van der Waals surface area contributed by atoms with Gasteiger partial charge in [0.1, 0.15) is 5.75 Å². The number of rotatable bonds is 2. The van der Waals surface area contributed by atoms with Crippen LogP contribution in [0.4, 0.5) is 11.4 Å². The van der Waals surface area contributed by atoms with E-state index in [0.717, 1.165) is 40.9 Å². The molecule has 1 amide bonds. The third-order valence-electron chi connectivity index (χ3n) is 4.46. The molecule has 24 heavy (non-hydrogen) atoms. The SMILES string of the molecule is O=C(Nc1ccc2c(c1)N1CCN=C1S2)C1Cc2ccccc2O1. The average Bonchev–Trinajstić information content (AvgIpc) is 3.28. The minimum absolute atomic E-state index is 0.105. The maximum Gasteiger partial charge on any atom is 0.265 e. The van der Waals surface area contributed by atoms with Crippen LogP contribution in [0, 0.1) is 0 Å². The van der Waals surface area contributed by atoms with Gasteiger partial charge in [0.15, 0.2) is 11.3 Å². The standard InChI is InChI=1S/C18H15N3O2S/c22-17(15-9-11-3-1-2-4-14(11)23-15)20-12-5-6-16-13(10-12)21-8-7-19-18(21)24-16/h1-6,10,15H,7-9H2,(H,20,22). The van der Waals surface area contributed by atoms with Crippen LogP contribution < -0.4 is 15.0 Å². The van der Waals surface area contributed by atoms with Crippen LogP contribution in [0.1, 0.15) is 5.56 Å². The van der Waals surface area contributed by atoms with Crippen LogP contribution in [0.15, 0.2) is 52.4 Å². The molecule has 5 nitrogen and oxygen atoms in total. The van der Waals surface area contributed by atoms with Gasteiger partial charge in [-0.1, -0.05) is 18.2 Å². The lowest BCUT2D eigenvalue weighted by Crippen LogP contribution is -2.31. The Bertz CT molecular complexity index is 855. The highest BCUT2D eigenvalue weighted by molar-refractivity contribution is 8.14. The van der Waals surface area contributed by atoms with Crippen molar-refractivity contribution in [1.82, 2.24) is 0 Å². The van der Waals surface area contributed by atoms with Crippen LogP contribution in [0.5, 0.6) is 5.75 Å². The molecule has 0 aromatic heterocycles. The number of para-hydroxylation sites is 1. The van der Waals surface area contributed by atoms with Gasteiger partial charge in [0, 0.05) is 23.5 Å². The van der Waals surface area contributed by atoms with E-state index in [2.05, 4.69) is 15.2 Å². The fourth-order valence-corrected chi connectivity index (χ4v) is 4.34. The first kappa shape index (κ1) is 13.9. The normalized spacial score (nSPS) is 20.1. The van der Waals surface area contributed by atoms with Gasteiger partial charge in [0.05, 0.1) is 12.2 Å². The van der Waals surface area contributed by atoms with E-state index in [4.69, 9.17) is 4.74 Å². The molecule has 120 valence electrons. The summed E-state index contributed by atoms with van der Waals surface area (Å²) in [5.41, 5.74) is 3.01. The summed E-state index contributed by atoms with van der Waals surface area (Å²) in [6.07, 6.45) is 0.153. The van der Waals surface area contributed by atoms with Crippen LogP contribution in [0.25, 0.3) is 0 Å². The molecule has 3 aliphatic heterocycles. The Balaban J connectivity index is 1.34. The predicted molar refractivity (Wildman–Crippen MR) is 95.1 cm³/mol. The van der Waals surface area contributed by atoms with Crippen molar-refractivity contribution in [3.8, 4) is 5.75 Å². The van der Waals surface area contributed by atoms with Crippen molar-refractivity contribution in [2.45, 2.75) is 17.4 Å². The minimum atomic E-state index is -0.464. The number of amides is 1. The topological polar surface area (TPSA) is 53.9 Å². The molecule has 2 aromatic rings. The minimum Gasteiger partial charge on any atom is -0.480 e. The van der Waals surface area contributed by atoms with Crippen LogP contribution in [-0.4, -0.2) is 30.3 Å². The average molecular weight is 337 g/mol. The lowest BCUT2D eigenvalue weighted by atomic mass is 10.1. The third-order valence-corrected chi connectivity index (χ3v) is 5.56. The molecule has 0 fully saturated rings. The molecule has 1 atom stereocenters. The molecule has 0 spiro atoms. The number of anilines is 2. The van der Waals surface area contributed by atoms with Crippen molar-refractivity contribution >= 4 is 34.2 Å². The van der Waals surface area contributed by atoms with E-state index in [1.54, 1.807) is 11.8 Å². The van der Waals surface area contributed by atoms with E-state index < -0.39 is 6.10 Å². The van der Waals surface area contributed by atoms with Gasteiger partial charge in [-0.05, 0) is 41.6 Å². The van der Waals surface area contributed by atoms with E-state index in [1.807, 2.05) is 42.5 Å². The zero-order chi connectivity index (χ0) is 16.1. The molecule has 0 saturated heterocycles. The third kappa shape index (κ3) is 2.17. The van der Waals surface area contributed by atoms with Gasteiger partial charge in [-0.15, -0.1) is 0 Å². The van der Waals surface area contributed by atoms with Gasteiger partial charge in [-0.3, -0.25) is 9.79 Å². The summed E-state index contributed by atoms with van der Waals surface area (Å²) >= 11 is 1.69. The quantitative estimate of drug-likeness (QED) is 0.915. The number of thioether (sulfide) groups is 1. The summed E-state index contributed by atoms with van der Waals surface area (Å²) in [7, 11) is 0. The summed E-state index contributed by atoms with van der Waals surface area (Å²) in [6, 6.07) is 13.8. The molecule has 0 aliphatic carbocycles. The first-order valence-electron chi connectivity index (χ1n) is 7.97. The Morgan fingerprint density at radius 1 is 1.29 bits per heavy atom. The molecule has 6 heteroatoms. The first-order valence-corrected chi connectivity index (χ1v) is 8.79. The number of amidine groups is 1. The Labute approximate surface area is 143 Å². The van der Waals surface area contributed by atoms with Gasteiger partial charge in [-0.25, -0.2) is 0 Å². The number of fused-ring (bicyclic) bond motifs is 4. The Hall–Kier alpha value is -2.47. The van der Waals surface area contributed by atoms with Crippen LogP contribution in [0.2, 0.25) is 0 Å². The number of benzene rings is 2. The number of carbonyl (C=O) groups is 1. The number of nitrogens with one attached hydrogen (secondary N) is 1. The van der Waals surface area contributed by atoms with Crippen molar-refractivity contribution in [1.29, 1.82) is 0 Å². The second-order valence-corrected chi connectivity index (χ2v) is 7.02. The maximum absolute atomic E-state index is 12.5. The van der Waals surface area contributed by atoms with Gasteiger partial charge in [0.25, 0.3) is 5.91 Å². The van der Waals surface area contributed by atoms with Crippen molar-refractivity contribution in [2.75, 3.05) is 23.3 Å². The largest absolute Gasteiger partial charge is 0.480 e. The smallest absolute Gasteiger partial charge is 0.265 e. The van der Waals surface area contributed by atoms with Crippen LogP contribution in [-0.2, 0) is 11.2 Å². The molecule has 3 heterocycles. The number of hydrogen-bond donors (Lipinski definition) is 1. The van der Waals surface area contributed by atoms with E-state index in [9.17, 15) is 4.79 Å². The zero-order valence-electron chi connectivity index (χ0n) is 12.9. The molecule has 5 rings (SSSR count). The monoisotopic (exact) mass is 337 g/mol. The van der Waals surface area contributed by atoms with E-state index in [0.29, 0.717) is 6.42 Å². The Kier molecular flexibility index (Phi) is 3.06. The lowest BCUT2D eigenvalue weighted by molar-refractivity contribution is -0.122. The summed E-state index contributed by atoms with van der Waals surface area (Å²) in [5, 5.41) is 4.05. The molecule has 0 radical (unpaired) electrons. The maximum atomic E-state index is 12.5. The number of carbonyl (C=O) groups excluding carboxylic acids is 1.